The number of nitrogens with zero attached hydrogens (tertiary/aromatic N) is 4. The number of fused-ring (bicyclic) bond motifs is 4. The molecular weight excluding hydrogens is 589 g/mol. The molecule has 48 heavy (non-hydrogen) atoms. The Morgan fingerprint density at radius 3 is 2.00 bits per heavy atom. The molecule has 5 heteroatoms. The molecule has 0 fully saturated rings. The summed E-state index contributed by atoms with van der Waals surface area (Å²) in [5, 5.41) is 2.38. The molecule has 6 aromatic rings. The Morgan fingerprint density at radius 2 is 1.27 bits per heavy atom. The second-order valence-electron chi connectivity index (χ2n) is 16.5. The average Bonchev–Trinajstić information content (AvgIpc) is 3.53. The number of hydrogen-bond acceptors (Lipinski definition) is 4. The normalized spacial score (nSPS) is 13.9. The highest BCUT2D eigenvalue weighted by Crippen LogP contribution is 2.45. The molecular formula is C43H48N4O. The van der Waals surface area contributed by atoms with Gasteiger partial charge in [-0.05, 0) is 87.5 Å². The van der Waals surface area contributed by atoms with E-state index in [1.807, 2.05) is 6.20 Å². The van der Waals surface area contributed by atoms with Crippen molar-refractivity contribution in [3.63, 3.8) is 0 Å². The molecule has 7 rings (SSSR count). The Labute approximate surface area is 285 Å². The van der Waals surface area contributed by atoms with Gasteiger partial charge in [-0.15, -0.1) is 0 Å². The second-order valence-corrected chi connectivity index (χ2v) is 16.5. The van der Waals surface area contributed by atoms with Crippen LogP contribution in [-0.2, 0) is 16.2 Å². The molecule has 0 N–H and O–H groups in total. The quantitative estimate of drug-likeness (QED) is 0.193. The molecule has 0 unspecified atom stereocenters. The Morgan fingerprint density at radius 1 is 0.583 bits per heavy atom. The third-order valence-corrected chi connectivity index (χ3v) is 9.69. The van der Waals surface area contributed by atoms with Crippen LogP contribution in [0.4, 0.5) is 17.1 Å². The first kappa shape index (κ1) is 31.8. The van der Waals surface area contributed by atoms with Gasteiger partial charge in [0.2, 0.25) is 0 Å². The predicted molar refractivity (Wildman–Crippen MR) is 203 cm³/mol. The molecule has 0 amide bonds. The van der Waals surface area contributed by atoms with Crippen molar-refractivity contribution in [3.05, 3.63) is 114 Å². The van der Waals surface area contributed by atoms with Crippen LogP contribution in [0.3, 0.4) is 0 Å². The summed E-state index contributed by atoms with van der Waals surface area (Å²) in [5.41, 5.74) is 9.69. The van der Waals surface area contributed by atoms with E-state index in [4.69, 9.17) is 9.72 Å². The second kappa shape index (κ2) is 11.2. The number of anilines is 3. The highest BCUT2D eigenvalue weighted by atomic mass is 16.5. The van der Waals surface area contributed by atoms with E-state index in [-0.39, 0.29) is 16.2 Å². The standard InChI is InChI=1S/C43H48N4O/c1-41(2,3)28-15-18-37-39(23-28)45(10)27-46(37)31-21-30(43(7,8)9)22-33(25-31)48-32-16-17-35-34-13-11-12-14-36(34)47(38(35)26-32)40-24-29(19-20-44-40)42(4,5)6/h11-26H,27H2,1-10H3. The van der Waals surface area contributed by atoms with E-state index in [1.165, 1.54) is 38.8 Å². The zero-order chi connectivity index (χ0) is 34.2. The molecule has 1 aliphatic heterocycles. The lowest BCUT2D eigenvalue weighted by Gasteiger charge is -2.26. The molecule has 246 valence electrons. The van der Waals surface area contributed by atoms with Gasteiger partial charge in [0.25, 0.3) is 0 Å². The molecule has 5 nitrogen and oxygen atoms in total. The third-order valence-electron chi connectivity index (χ3n) is 9.69. The highest BCUT2D eigenvalue weighted by Gasteiger charge is 2.28. The molecule has 0 saturated heterocycles. The van der Waals surface area contributed by atoms with Crippen LogP contribution in [-0.4, -0.2) is 23.3 Å². The molecule has 3 heterocycles. The SMILES string of the molecule is CN1CN(c2cc(Oc3ccc4c5ccccc5n(-c5cc(C(C)(C)C)ccn5)c4c3)cc(C(C)(C)C)c2)c2ccc(C(C)(C)C)cc21. The van der Waals surface area contributed by atoms with Gasteiger partial charge in [0, 0.05) is 41.8 Å². The molecule has 0 bridgehead atoms. The Bertz CT molecular complexity index is 2170. The van der Waals surface area contributed by atoms with Crippen molar-refractivity contribution in [2.45, 2.75) is 78.6 Å². The molecule has 0 radical (unpaired) electrons. The topological polar surface area (TPSA) is 33.5 Å². The summed E-state index contributed by atoms with van der Waals surface area (Å²) in [7, 11) is 2.18. The van der Waals surface area contributed by atoms with Crippen molar-refractivity contribution in [2.24, 2.45) is 0 Å². The fourth-order valence-electron chi connectivity index (χ4n) is 6.74. The number of pyridine rings is 1. The van der Waals surface area contributed by atoms with Crippen LogP contribution in [0.15, 0.2) is 97.2 Å². The van der Waals surface area contributed by atoms with Gasteiger partial charge in [-0.1, -0.05) is 86.6 Å². The van der Waals surface area contributed by atoms with Crippen molar-refractivity contribution in [1.82, 2.24) is 9.55 Å². The lowest BCUT2D eigenvalue weighted by Crippen LogP contribution is -2.24. The van der Waals surface area contributed by atoms with E-state index in [0.717, 1.165) is 40.7 Å². The summed E-state index contributed by atoms with van der Waals surface area (Å²) >= 11 is 0. The number of para-hydroxylation sites is 1. The number of hydrogen-bond donors (Lipinski definition) is 0. The minimum absolute atomic E-state index is 0.0139. The van der Waals surface area contributed by atoms with Crippen LogP contribution in [0.2, 0.25) is 0 Å². The van der Waals surface area contributed by atoms with E-state index in [9.17, 15) is 0 Å². The number of benzene rings is 4. The predicted octanol–water partition coefficient (Wildman–Crippen LogP) is 11.4. The summed E-state index contributed by atoms with van der Waals surface area (Å²) < 4.78 is 9.06. The van der Waals surface area contributed by atoms with Gasteiger partial charge in [-0.25, -0.2) is 4.98 Å². The summed E-state index contributed by atoms with van der Waals surface area (Å²) in [4.78, 5) is 9.60. The van der Waals surface area contributed by atoms with Crippen molar-refractivity contribution in [1.29, 1.82) is 0 Å². The summed E-state index contributed by atoms with van der Waals surface area (Å²) in [6, 6.07) is 32.9. The van der Waals surface area contributed by atoms with Gasteiger partial charge in [0.05, 0.1) is 29.1 Å². The third kappa shape index (κ3) is 5.70. The zero-order valence-corrected chi connectivity index (χ0v) is 30.1. The maximum atomic E-state index is 6.79. The number of ether oxygens (including phenoxy) is 1. The van der Waals surface area contributed by atoms with E-state index in [0.29, 0.717) is 0 Å². The highest BCUT2D eigenvalue weighted by molar-refractivity contribution is 6.09. The fraction of sp³-hybridized carbons (Fsp3) is 0.326. The van der Waals surface area contributed by atoms with Crippen LogP contribution in [0.25, 0.3) is 27.6 Å². The fourth-order valence-corrected chi connectivity index (χ4v) is 6.74. The maximum Gasteiger partial charge on any atom is 0.137 e. The molecule has 0 spiro atoms. The lowest BCUT2D eigenvalue weighted by atomic mass is 9.86. The monoisotopic (exact) mass is 636 g/mol. The largest absolute Gasteiger partial charge is 0.457 e. The summed E-state index contributed by atoms with van der Waals surface area (Å²) in [6.45, 7) is 21.1. The van der Waals surface area contributed by atoms with Crippen LogP contribution >= 0.6 is 0 Å². The van der Waals surface area contributed by atoms with Crippen LogP contribution < -0.4 is 14.5 Å². The van der Waals surface area contributed by atoms with E-state index in [1.54, 1.807) is 0 Å². The van der Waals surface area contributed by atoms with Gasteiger partial charge in [0.1, 0.15) is 17.3 Å². The average molecular weight is 637 g/mol. The Balaban J connectivity index is 1.33. The van der Waals surface area contributed by atoms with E-state index < -0.39 is 0 Å². The molecule has 0 saturated carbocycles. The van der Waals surface area contributed by atoms with E-state index >= 15 is 0 Å². The maximum absolute atomic E-state index is 6.79. The first-order valence-electron chi connectivity index (χ1n) is 17.0. The van der Waals surface area contributed by atoms with Gasteiger partial charge in [-0.3, -0.25) is 4.57 Å². The van der Waals surface area contributed by atoms with Gasteiger partial charge in [-0.2, -0.15) is 0 Å². The summed E-state index contributed by atoms with van der Waals surface area (Å²) in [5.74, 6) is 2.54. The molecule has 0 atom stereocenters. The number of aromatic nitrogens is 2. The lowest BCUT2D eigenvalue weighted by molar-refractivity contribution is 0.479. The van der Waals surface area contributed by atoms with Crippen molar-refractivity contribution < 1.29 is 4.74 Å². The van der Waals surface area contributed by atoms with Crippen LogP contribution in [0.1, 0.15) is 79.0 Å². The smallest absolute Gasteiger partial charge is 0.137 e. The van der Waals surface area contributed by atoms with E-state index in [2.05, 4.69) is 175 Å². The Kier molecular flexibility index (Phi) is 7.39. The molecule has 0 aliphatic carbocycles. The van der Waals surface area contributed by atoms with Crippen molar-refractivity contribution in [3.8, 4) is 17.3 Å². The molecule has 2 aromatic heterocycles. The van der Waals surface area contributed by atoms with Crippen molar-refractivity contribution >= 4 is 38.9 Å². The molecule has 4 aromatic carbocycles. The minimum Gasteiger partial charge on any atom is -0.457 e. The first-order valence-corrected chi connectivity index (χ1v) is 17.0. The minimum atomic E-state index is -0.0568. The number of rotatable bonds is 4. The summed E-state index contributed by atoms with van der Waals surface area (Å²) in [6.07, 6.45) is 1.92. The van der Waals surface area contributed by atoms with Crippen molar-refractivity contribution in [2.75, 3.05) is 23.5 Å². The zero-order valence-electron chi connectivity index (χ0n) is 30.1. The van der Waals surface area contributed by atoms with Gasteiger partial charge < -0.3 is 14.5 Å². The van der Waals surface area contributed by atoms with Crippen LogP contribution in [0, 0.1) is 0 Å². The van der Waals surface area contributed by atoms with Crippen LogP contribution in [0.5, 0.6) is 11.5 Å². The van der Waals surface area contributed by atoms with Gasteiger partial charge in [0.15, 0.2) is 0 Å². The van der Waals surface area contributed by atoms with Gasteiger partial charge >= 0.3 is 0 Å². The first-order chi connectivity index (χ1) is 22.6. The Hall–Kier alpha value is -4.77. The molecule has 1 aliphatic rings.